The Labute approximate surface area is 123 Å². The molecule has 2 rings (SSSR count). The zero-order valence-electron chi connectivity index (χ0n) is 11.1. The van der Waals surface area contributed by atoms with Gasteiger partial charge in [-0.15, -0.1) is 0 Å². The molecule has 0 saturated carbocycles. The molecule has 1 aromatic carbocycles. The Morgan fingerprint density at radius 3 is 2.58 bits per heavy atom. The molecule has 0 saturated heterocycles. The van der Waals surface area contributed by atoms with E-state index in [0.29, 0.717) is 10.0 Å². The highest BCUT2D eigenvalue weighted by molar-refractivity contribution is 6.35. The van der Waals surface area contributed by atoms with Crippen LogP contribution in [0.4, 0.5) is 5.82 Å². The molecule has 1 heterocycles. The number of nitrogens with one attached hydrogen (secondary N) is 1. The van der Waals surface area contributed by atoms with E-state index in [4.69, 9.17) is 23.2 Å². The molecule has 0 aliphatic heterocycles. The first-order valence-corrected chi connectivity index (χ1v) is 6.83. The van der Waals surface area contributed by atoms with Crippen molar-refractivity contribution in [2.24, 2.45) is 0 Å². The summed E-state index contributed by atoms with van der Waals surface area (Å²) in [5.74, 6) is 1.60. The molecular formula is C14H15Cl2N3. The lowest BCUT2D eigenvalue weighted by Crippen LogP contribution is -2.04. The number of halogens is 2. The predicted molar refractivity (Wildman–Crippen MR) is 81.1 cm³/mol. The number of anilines is 1. The van der Waals surface area contributed by atoms with Crippen molar-refractivity contribution in [2.45, 2.75) is 20.3 Å². The summed E-state index contributed by atoms with van der Waals surface area (Å²) in [6, 6.07) is 5.38. The number of benzene rings is 1. The second-order valence-corrected chi connectivity index (χ2v) is 5.03. The Morgan fingerprint density at radius 1 is 1.21 bits per heavy atom. The predicted octanol–water partition coefficient (Wildman–Crippen LogP) is 4.36. The molecule has 0 unspecified atom stereocenters. The monoisotopic (exact) mass is 295 g/mol. The Hall–Kier alpha value is -1.32. The molecule has 19 heavy (non-hydrogen) atoms. The largest absolute Gasteiger partial charge is 0.373 e. The van der Waals surface area contributed by atoms with Crippen molar-refractivity contribution in [2.75, 3.05) is 12.4 Å². The maximum absolute atomic E-state index is 6.25. The van der Waals surface area contributed by atoms with Crippen LogP contribution in [-0.4, -0.2) is 17.0 Å². The van der Waals surface area contributed by atoms with Crippen molar-refractivity contribution in [3.8, 4) is 11.3 Å². The van der Waals surface area contributed by atoms with Gasteiger partial charge in [-0.2, -0.15) is 0 Å². The van der Waals surface area contributed by atoms with E-state index in [1.54, 1.807) is 12.1 Å². The van der Waals surface area contributed by atoms with Gasteiger partial charge in [-0.1, -0.05) is 30.1 Å². The number of aryl methyl sites for hydroxylation is 1. The molecule has 0 bridgehead atoms. The van der Waals surface area contributed by atoms with Gasteiger partial charge >= 0.3 is 0 Å². The maximum Gasteiger partial charge on any atom is 0.132 e. The maximum atomic E-state index is 6.25. The average molecular weight is 296 g/mol. The van der Waals surface area contributed by atoms with Crippen molar-refractivity contribution in [1.82, 2.24) is 9.97 Å². The first-order chi connectivity index (χ1) is 9.06. The summed E-state index contributed by atoms with van der Waals surface area (Å²) >= 11 is 12.3. The lowest BCUT2D eigenvalue weighted by molar-refractivity contribution is 0.936. The Balaban J connectivity index is 2.70. The van der Waals surface area contributed by atoms with E-state index in [9.17, 15) is 0 Å². The molecule has 0 amide bonds. The summed E-state index contributed by atoms with van der Waals surface area (Å²) in [6.45, 7) is 3.99. The van der Waals surface area contributed by atoms with E-state index < -0.39 is 0 Å². The van der Waals surface area contributed by atoms with Crippen molar-refractivity contribution >= 4 is 29.0 Å². The van der Waals surface area contributed by atoms with Gasteiger partial charge in [-0.3, -0.25) is 0 Å². The molecule has 0 atom stereocenters. The third-order valence-corrected chi connectivity index (χ3v) is 3.49. The van der Waals surface area contributed by atoms with Crippen molar-refractivity contribution in [1.29, 1.82) is 0 Å². The van der Waals surface area contributed by atoms with Gasteiger partial charge in [0.15, 0.2) is 0 Å². The van der Waals surface area contributed by atoms with E-state index in [2.05, 4.69) is 15.3 Å². The molecule has 100 valence electrons. The van der Waals surface area contributed by atoms with Gasteiger partial charge in [0.05, 0.1) is 10.7 Å². The molecule has 1 N–H and O–H groups in total. The minimum atomic E-state index is 0.635. The Bertz CT molecular complexity index is 612. The molecule has 5 heteroatoms. The van der Waals surface area contributed by atoms with Crippen molar-refractivity contribution in [3.05, 3.63) is 39.6 Å². The smallest absolute Gasteiger partial charge is 0.132 e. The summed E-state index contributed by atoms with van der Waals surface area (Å²) in [6.07, 6.45) is 0.764. The summed E-state index contributed by atoms with van der Waals surface area (Å²) in [7, 11) is 1.85. The van der Waals surface area contributed by atoms with Crippen LogP contribution < -0.4 is 5.32 Å². The minimum Gasteiger partial charge on any atom is -0.373 e. The first kappa shape index (κ1) is 14.1. The fourth-order valence-corrected chi connectivity index (χ4v) is 2.28. The third-order valence-electron chi connectivity index (χ3n) is 2.93. The fraction of sp³-hybridized carbons (Fsp3) is 0.286. The summed E-state index contributed by atoms with van der Waals surface area (Å²) in [5, 5.41) is 4.36. The molecule has 1 aromatic heterocycles. The molecule has 0 aliphatic rings. The Morgan fingerprint density at radius 2 is 1.95 bits per heavy atom. The van der Waals surface area contributed by atoms with Crippen molar-refractivity contribution in [3.63, 3.8) is 0 Å². The zero-order valence-corrected chi connectivity index (χ0v) is 12.6. The first-order valence-electron chi connectivity index (χ1n) is 6.07. The van der Waals surface area contributed by atoms with Crippen LogP contribution in [0.25, 0.3) is 11.3 Å². The summed E-state index contributed by atoms with van der Waals surface area (Å²) in [4.78, 5) is 9.03. The van der Waals surface area contributed by atoms with E-state index in [1.165, 1.54) is 0 Å². The van der Waals surface area contributed by atoms with E-state index in [0.717, 1.165) is 34.9 Å². The number of aromatic nitrogens is 2. The highest BCUT2D eigenvalue weighted by Gasteiger charge is 2.14. The Kier molecular flexibility index (Phi) is 4.27. The van der Waals surface area contributed by atoms with Crippen LogP contribution in [0.5, 0.6) is 0 Å². The highest BCUT2D eigenvalue weighted by atomic mass is 35.5. The molecule has 3 nitrogen and oxygen atoms in total. The second kappa shape index (κ2) is 5.76. The topological polar surface area (TPSA) is 37.8 Å². The molecule has 0 aliphatic carbocycles. The van der Waals surface area contributed by atoms with Gasteiger partial charge in [0.25, 0.3) is 0 Å². The molecule has 0 fully saturated rings. The van der Waals surface area contributed by atoms with E-state index >= 15 is 0 Å². The van der Waals surface area contributed by atoms with Crippen LogP contribution in [0.15, 0.2) is 18.2 Å². The van der Waals surface area contributed by atoms with E-state index in [-0.39, 0.29) is 0 Å². The van der Waals surface area contributed by atoms with Crippen LogP contribution >= 0.6 is 23.2 Å². The second-order valence-electron chi connectivity index (χ2n) is 4.19. The summed E-state index contributed by atoms with van der Waals surface area (Å²) in [5.41, 5.74) is 2.62. The van der Waals surface area contributed by atoms with Gasteiger partial charge in [0, 0.05) is 29.6 Å². The van der Waals surface area contributed by atoms with Crippen LogP contribution in [0.2, 0.25) is 10.0 Å². The molecule has 0 radical (unpaired) electrons. The number of hydrogen-bond donors (Lipinski definition) is 1. The number of hydrogen-bond acceptors (Lipinski definition) is 3. The normalized spacial score (nSPS) is 10.6. The van der Waals surface area contributed by atoms with Crippen LogP contribution in [0.1, 0.15) is 18.3 Å². The van der Waals surface area contributed by atoms with Gasteiger partial charge in [-0.05, 0) is 25.1 Å². The molecule has 2 aromatic rings. The third kappa shape index (κ3) is 2.82. The fourth-order valence-electron chi connectivity index (χ4n) is 1.91. The average Bonchev–Trinajstić information content (AvgIpc) is 2.42. The van der Waals surface area contributed by atoms with Gasteiger partial charge in [-0.25, -0.2) is 9.97 Å². The van der Waals surface area contributed by atoms with Gasteiger partial charge in [0.2, 0.25) is 0 Å². The summed E-state index contributed by atoms with van der Waals surface area (Å²) < 4.78 is 0. The zero-order chi connectivity index (χ0) is 14.0. The van der Waals surface area contributed by atoms with Crippen molar-refractivity contribution < 1.29 is 0 Å². The van der Waals surface area contributed by atoms with Crippen LogP contribution in [0, 0.1) is 6.92 Å². The number of nitrogens with zero attached hydrogens (tertiary/aromatic N) is 2. The quantitative estimate of drug-likeness (QED) is 0.914. The standard InChI is InChI=1S/C14H15Cl2N3/c1-4-12-18-13(8(2)14(17-3)19-12)10-7-9(15)5-6-11(10)16/h5-7H,4H2,1-3H3,(H,17,18,19). The number of rotatable bonds is 3. The highest BCUT2D eigenvalue weighted by Crippen LogP contribution is 2.33. The lowest BCUT2D eigenvalue weighted by Gasteiger charge is -2.13. The van der Waals surface area contributed by atoms with Gasteiger partial charge < -0.3 is 5.32 Å². The lowest BCUT2D eigenvalue weighted by atomic mass is 10.1. The van der Waals surface area contributed by atoms with E-state index in [1.807, 2.05) is 27.0 Å². The molecule has 0 spiro atoms. The minimum absolute atomic E-state index is 0.635. The van der Waals surface area contributed by atoms with Crippen LogP contribution in [-0.2, 0) is 6.42 Å². The van der Waals surface area contributed by atoms with Crippen LogP contribution in [0.3, 0.4) is 0 Å². The van der Waals surface area contributed by atoms with Gasteiger partial charge in [0.1, 0.15) is 11.6 Å². The molecular weight excluding hydrogens is 281 g/mol. The SMILES string of the molecule is CCc1nc(NC)c(C)c(-c2cc(Cl)ccc2Cl)n1.